The maximum atomic E-state index is 5.72. The van der Waals surface area contributed by atoms with Crippen molar-refractivity contribution in [3.05, 3.63) is 72.8 Å². The molecule has 2 aromatic carbocycles. The van der Waals surface area contributed by atoms with E-state index in [1.54, 1.807) is 0 Å². The van der Waals surface area contributed by atoms with Crippen molar-refractivity contribution in [1.82, 2.24) is 15.4 Å². The molecule has 0 spiro atoms. The third-order valence-electron chi connectivity index (χ3n) is 3.47. The zero-order valence-corrected chi connectivity index (χ0v) is 12.6. The van der Waals surface area contributed by atoms with Crippen LogP contribution in [0.4, 0.5) is 0 Å². The molecule has 6 heteroatoms. The molecule has 0 bridgehead atoms. The van der Waals surface area contributed by atoms with Crippen LogP contribution in [0.3, 0.4) is 0 Å². The van der Waals surface area contributed by atoms with E-state index in [2.05, 4.69) is 15.4 Å². The molecule has 0 aliphatic rings. The van der Waals surface area contributed by atoms with Gasteiger partial charge in [-0.15, -0.1) is 10.2 Å². The minimum absolute atomic E-state index is 0.330. The maximum absolute atomic E-state index is 5.72. The van der Waals surface area contributed by atoms with Crippen LogP contribution in [0.15, 0.2) is 76.0 Å². The average Bonchev–Trinajstić information content (AvgIpc) is 3.33. The van der Waals surface area contributed by atoms with Gasteiger partial charge < -0.3 is 13.7 Å². The fourth-order valence-corrected chi connectivity index (χ4v) is 2.27. The average molecular weight is 319 g/mol. The molecule has 118 valence electrons. The van der Waals surface area contributed by atoms with E-state index in [0.717, 1.165) is 28.3 Å². The van der Waals surface area contributed by atoms with Crippen LogP contribution < -0.4 is 4.74 Å². The van der Waals surface area contributed by atoms with Crippen LogP contribution in [0.25, 0.3) is 22.8 Å². The Balaban J connectivity index is 1.41. The second kappa shape index (κ2) is 6.37. The van der Waals surface area contributed by atoms with Crippen molar-refractivity contribution in [3.8, 4) is 28.5 Å². The zero-order chi connectivity index (χ0) is 16.2. The normalized spacial score (nSPS) is 10.7. The molecule has 0 N–H and O–H groups in total. The number of nitrogens with zero attached hydrogens (tertiary/aromatic N) is 3. The first kappa shape index (κ1) is 14.2. The van der Waals surface area contributed by atoms with E-state index in [1.807, 2.05) is 60.7 Å². The Bertz CT molecular complexity index is 900. The molecule has 0 aliphatic carbocycles. The van der Waals surface area contributed by atoms with Crippen molar-refractivity contribution in [2.24, 2.45) is 0 Å². The maximum Gasteiger partial charge on any atom is 0.247 e. The number of hydrogen-bond donors (Lipinski definition) is 0. The quantitative estimate of drug-likeness (QED) is 0.554. The number of ether oxygens (including phenoxy) is 1. The molecule has 0 aliphatic heterocycles. The van der Waals surface area contributed by atoms with Crippen molar-refractivity contribution in [2.45, 2.75) is 6.61 Å². The molecule has 6 nitrogen and oxygen atoms in total. The lowest BCUT2D eigenvalue weighted by atomic mass is 10.2. The lowest BCUT2D eigenvalue weighted by Gasteiger charge is -2.03. The van der Waals surface area contributed by atoms with Gasteiger partial charge in [-0.3, -0.25) is 0 Å². The molecule has 2 aromatic heterocycles. The number of rotatable bonds is 5. The predicted octanol–water partition coefficient (Wildman–Crippen LogP) is 3.97. The molecule has 0 unspecified atom stereocenters. The van der Waals surface area contributed by atoms with E-state index >= 15 is 0 Å². The first-order valence-electron chi connectivity index (χ1n) is 7.39. The summed E-state index contributed by atoms with van der Waals surface area (Å²) in [6.07, 6.45) is 1.30. The van der Waals surface area contributed by atoms with Gasteiger partial charge in [-0.25, -0.2) is 0 Å². The number of benzene rings is 2. The Morgan fingerprint density at radius 3 is 2.50 bits per heavy atom. The van der Waals surface area contributed by atoms with Crippen LogP contribution in [-0.4, -0.2) is 15.4 Å². The van der Waals surface area contributed by atoms with Crippen LogP contribution in [0.1, 0.15) is 5.69 Å². The van der Waals surface area contributed by atoms with Crippen molar-refractivity contribution in [3.63, 3.8) is 0 Å². The van der Waals surface area contributed by atoms with E-state index in [1.165, 1.54) is 6.39 Å². The Kier molecular flexibility index (Phi) is 3.77. The van der Waals surface area contributed by atoms with Gasteiger partial charge >= 0.3 is 0 Å². The van der Waals surface area contributed by atoms with E-state index in [-0.39, 0.29) is 0 Å². The first-order valence-corrected chi connectivity index (χ1v) is 7.39. The topological polar surface area (TPSA) is 74.2 Å². The van der Waals surface area contributed by atoms with Crippen LogP contribution >= 0.6 is 0 Å². The summed E-state index contributed by atoms with van der Waals surface area (Å²) in [6.45, 7) is 0.330. The highest BCUT2D eigenvalue weighted by atomic mass is 16.5. The molecule has 24 heavy (non-hydrogen) atoms. The molecule has 0 saturated heterocycles. The van der Waals surface area contributed by atoms with Crippen LogP contribution in [0.5, 0.6) is 5.75 Å². The molecule has 0 atom stereocenters. The van der Waals surface area contributed by atoms with Gasteiger partial charge in [0.1, 0.15) is 18.1 Å². The minimum Gasteiger partial charge on any atom is -0.487 e. The molecule has 2 heterocycles. The summed E-state index contributed by atoms with van der Waals surface area (Å²) in [5, 5.41) is 11.6. The molecule has 0 radical (unpaired) electrons. The third-order valence-corrected chi connectivity index (χ3v) is 3.47. The third kappa shape index (κ3) is 3.03. The molecule has 4 aromatic rings. The van der Waals surface area contributed by atoms with Gasteiger partial charge in [0.2, 0.25) is 12.3 Å². The summed E-state index contributed by atoms with van der Waals surface area (Å²) in [7, 11) is 0. The van der Waals surface area contributed by atoms with Crippen molar-refractivity contribution < 1.29 is 13.7 Å². The standard InChI is InChI=1S/C18H13N3O3/c1-2-4-13(5-3-1)17-10-15(21-24-17)11-22-16-8-6-14(7-9-16)18-20-19-12-23-18/h1-10,12H,11H2. The largest absolute Gasteiger partial charge is 0.487 e. The van der Waals surface area contributed by atoms with E-state index in [9.17, 15) is 0 Å². The second-order valence-electron chi connectivity index (χ2n) is 5.11. The van der Waals surface area contributed by atoms with Gasteiger partial charge in [0.15, 0.2) is 5.76 Å². The first-order chi connectivity index (χ1) is 11.9. The summed E-state index contributed by atoms with van der Waals surface area (Å²) in [6, 6.07) is 19.1. The summed E-state index contributed by atoms with van der Waals surface area (Å²) in [5.41, 5.74) is 2.56. The van der Waals surface area contributed by atoms with Gasteiger partial charge in [-0.05, 0) is 24.3 Å². The highest BCUT2D eigenvalue weighted by Crippen LogP contribution is 2.22. The van der Waals surface area contributed by atoms with Gasteiger partial charge in [-0.1, -0.05) is 35.5 Å². The van der Waals surface area contributed by atoms with Gasteiger partial charge in [-0.2, -0.15) is 0 Å². The molecule has 0 amide bonds. The Labute approximate surface area is 137 Å². The van der Waals surface area contributed by atoms with Gasteiger partial charge in [0, 0.05) is 17.2 Å². The highest BCUT2D eigenvalue weighted by molar-refractivity contribution is 5.57. The summed E-state index contributed by atoms with van der Waals surface area (Å²) >= 11 is 0. The lowest BCUT2D eigenvalue weighted by Crippen LogP contribution is -1.95. The fraction of sp³-hybridized carbons (Fsp3) is 0.0556. The van der Waals surface area contributed by atoms with Crippen molar-refractivity contribution in [2.75, 3.05) is 0 Å². The SMILES string of the molecule is c1ccc(-c2cc(COc3ccc(-c4nnco4)cc3)no2)cc1. The van der Waals surface area contributed by atoms with Crippen molar-refractivity contribution >= 4 is 0 Å². The summed E-state index contributed by atoms with van der Waals surface area (Å²) in [4.78, 5) is 0. The Morgan fingerprint density at radius 2 is 1.75 bits per heavy atom. The minimum atomic E-state index is 0.330. The molecule has 0 fully saturated rings. The Morgan fingerprint density at radius 1 is 0.917 bits per heavy atom. The molecule has 4 rings (SSSR count). The predicted molar refractivity (Wildman–Crippen MR) is 86.0 cm³/mol. The van der Waals surface area contributed by atoms with Crippen LogP contribution in [0, 0.1) is 0 Å². The highest BCUT2D eigenvalue weighted by Gasteiger charge is 2.08. The van der Waals surface area contributed by atoms with Crippen molar-refractivity contribution in [1.29, 1.82) is 0 Å². The fourth-order valence-electron chi connectivity index (χ4n) is 2.27. The van der Waals surface area contributed by atoms with Gasteiger partial charge in [0.05, 0.1) is 0 Å². The monoisotopic (exact) mass is 319 g/mol. The molecular formula is C18H13N3O3. The van der Waals surface area contributed by atoms with E-state index in [4.69, 9.17) is 13.7 Å². The number of hydrogen-bond acceptors (Lipinski definition) is 6. The van der Waals surface area contributed by atoms with Gasteiger partial charge in [0.25, 0.3) is 0 Å². The smallest absolute Gasteiger partial charge is 0.247 e. The van der Waals surface area contributed by atoms with E-state index < -0.39 is 0 Å². The zero-order valence-electron chi connectivity index (χ0n) is 12.6. The second-order valence-corrected chi connectivity index (χ2v) is 5.11. The van der Waals surface area contributed by atoms with Crippen LogP contribution in [-0.2, 0) is 6.61 Å². The number of aromatic nitrogens is 3. The molecule has 0 saturated carbocycles. The summed E-state index contributed by atoms with van der Waals surface area (Å²) < 4.78 is 16.2. The summed E-state index contributed by atoms with van der Waals surface area (Å²) in [5.74, 6) is 1.93. The lowest BCUT2D eigenvalue weighted by molar-refractivity contribution is 0.290. The Hall–Kier alpha value is -3.41. The molecular weight excluding hydrogens is 306 g/mol. The van der Waals surface area contributed by atoms with E-state index in [0.29, 0.717) is 12.5 Å². The van der Waals surface area contributed by atoms with Crippen LogP contribution in [0.2, 0.25) is 0 Å².